The number of aryl methyl sites for hydroxylation is 1. The van der Waals surface area contributed by atoms with Crippen LogP contribution in [0.1, 0.15) is 27.7 Å². The summed E-state index contributed by atoms with van der Waals surface area (Å²) in [7, 11) is 1.85. The summed E-state index contributed by atoms with van der Waals surface area (Å²) < 4.78 is 5.24. The number of amides is 2. The normalized spacial score (nSPS) is 13.8. The Morgan fingerprint density at radius 1 is 1.19 bits per heavy atom. The molecule has 2 heterocycles. The minimum atomic E-state index is -1.02. The van der Waals surface area contributed by atoms with Crippen molar-refractivity contribution in [2.24, 2.45) is 0 Å². The van der Waals surface area contributed by atoms with Gasteiger partial charge in [-0.15, -0.1) is 10.2 Å². The molecule has 3 N–H and O–H groups in total. The minimum Gasteiger partial charge on any atom is -0.424 e. The highest BCUT2D eigenvalue weighted by Crippen LogP contribution is 2.34. The van der Waals surface area contributed by atoms with Crippen molar-refractivity contribution in [1.29, 1.82) is 0 Å². The molecule has 9 nitrogen and oxygen atoms in total. The van der Waals surface area contributed by atoms with Crippen LogP contribution in [0.2, 0.25) is 0 Å². The third-order valence-corrected chi connectivity index (χ3v) is 5.31. The number of carbonyl (C=O) groups excluding carboxylic acids is 2. The Balaban J connectivity index is 1.55. The Bertz CT molecular complexity index is 1110. The van der Waals surface area contributed by atoms with Crippen LogP contribution >= 0.6 is 0 Å². The minimum absolute atomic E-state index is 0.0220. The second-order valence-corrected chi connectivity index (χ2v) is 7.22. The van der Waals surface area contributed by atoms with Crippen LogP contribution in [0.5, 0.6) is 0 Å². The summed E-state index contributed by atoms with van der Waals surface area (Å²) in [5.74, 6) is -0.125. The number of nitrogens with zero attached hydrogens (tertiary/aromatic N) is 3. The number of nitrogens with one attached hydrogen (secondary N) is 2. The fraction of sp³-hybridized carbons (Fsp3) is 0.273. The molecule has 0 aliphatic carbocycles. The Kier molecular flexibility index (Phi) is 5.68. The molecule has 1 atom stereocenters. The summed E-state index contributed by atoms with van der Waals surface area (Å²) >= 11 is 0. The molecule has 160 valence electrons. The van der Waals surface area contributed by atoms with Gasteiger partial charge in [-0.1, -0.05) is 24.3 Å². The van der Waals surface area contributed by atoms with Gasteiger partial charge >= 0.3 is 0 Å². The molecule has 0 radical (unpaired) electrons. The summed E-state index contributed by atoms with van der Waals surface area (Å²) in [4.78, 5) is 27.1. The predicted octanol–water partition coefficient (Wildman–Crippen LogP) is 1.72. The Labute approximate surface area is 179 Å². The third-order valence-electron chi connectivity index (χ3n) is 5.31. The Morgan fingerprint density at radius 2 is 1.94 bits per heavy atom. The number of anilines is 1. The van der Waals surface area contributed by atoms with Gasteiger partial charge in [-0.3, -0.25) is 9.59 Å². The number of hydrogen-bond donors (Lipinski definition) is 3. The van der Waals surface area contributed by atoms with Crippen LogP contribution in [0.25, 0.3) is 11.1 Å². The van der Waals surface area contributed by atoms with Crippen LogP contribution in [0.3, 0.4) is 0 Å². The number of aliphatic hydroxyl groups is 1. The first-order valence-electron chi connectivity index (χ1n) is 9.90. The lowest BCUT2D eigenvalue weighted by atomic mass is 9.97. The molecule has 1 aliphatic rings. The maximum atomic E-state index is 13.0. The average Bonchev–Trinajstić information content (AvgIpc) is 3.36. The summed E-state index contributed by atoms with van der Waals surface area (Å²) in [6.07, 6.45) is 0. The van der Waals surface area contributed by atoms with Crippen molar-refractivity contribution < 1.29 is 19.1 Å². The van der Waals surface area contributed by atoms with E-state index in [1.807, 2.05) is 43.4 Å². The summed E-state index contributed by atoms with van der Waals surface area (Å²) in [5.41, 5.74) is 4.26. The van der Waals surface area contributed by atoms with E-state index in [1.165, 1.54) is 4.90 Å². The maximum absolute atomic E-state index is 13.0. The molecule has 2 amide bonds. The number of benzene rings is 2. The van der Waals surface area contributed by atoms with Gasteiger partial charge in [0.15, 0.2) is 0 Å². The van der Waals surface area contributed by atoms with Crippen LogP contribution in [0.15, 0.2) is 46.9 Å². The zero-order valence-electron chi connectivity index (χ0n) is 17.3. The van der Waals surface area contributed by atoms with Gasteiger partial charge < -0.3 is 25.1 Å². The molecule has 1 unspecified atom stereocenters. The molecular formula is C22H23N5O4. The average molecular weight is 421 g/mol. The molecule has 1 aliphatic heterocycles. The van der Waals surface area contributed by atoms with Gasteiger partial charge in [0.05, 0.1) is 13.2 Å². The molecule has 2 aromatic carbocycles. The van der Waals surface area contributed by atoms with Crippen molar-refractivity contribution >= 4 is 17.5 Å². The topological polar surface area (TPSA) is 121 Å². The van der Waals surface area contributed by atoms with Gasteiger partial charge in [-0.2, -0.15) is 0 Å². The van der Waals surface area contributed by atoms with Crippen LogP contribution in [-0.2, 0) is 17.9 Å². The maximum Gasteiger partial charge on any atom is 0.255 e. The van der Waals surface area contributed by atoms with Crippen LogP contribution in [0.4, 0.5) is 5.69 Å². The third kappa shape index (κ3) is 3.99. The molecular weight excluding hydrogens is 398 g/mol. The van der Waals surface area contributed by atoms with Crippen molar-refractivity contribution in [3.63, 3.8) is 0 Å². The highest BCUT2D eigenvalue weighted by Gasteiger charge is 2.37. The molecule has 3 aromatic rings. The van der Waals surface area contributed by atoms with Gasteiger partial charge in [0.25, 0.3) is 5.91 Å². The lowest BCUT2D eigenvalue weighted by molar-refractivity contribution is -0.127. The number of carbonyl (C=O) groups is 2. The molecule has 1 aromatic heterocycles. The highest BCUT2D eigenvalue weighted by atomic mass is 16.4. The molecule has 0 bridgehead atoms. The summed E-state index contributed by atoms with van der Waals surface area (Å²) in [6, 6.07) is 12.4. The van der Waals surface area contributed by atoms with E-state index in [-0.39, 0.29) is 24.9 Å². The monoisotopic (exact) mass is 421 g/mol. The van der Waals surface area contributed by atoms with Crippen molar-refractivity contribution in [1.82, 2.24) is 20.4 Å². The van der Waals surface area contributed by atoms with Crippen molar-refractivity contribution in [2.75, 3.05) is 19.0 Å². The van der Waals surface area contributed by atoms with Crippen molar-refractivity contribution in [3.05, 3.63) is 65.4 Å². The van der Waals surface area contributed by atoms with E-state index >= 15 is 0 Å². The fourth-order valence-electron chi connectivity index (χ4n) is 3.71. The van der Waals surface area contributed by atoms with Crippen LogP contribution in [-0.4, -0.2) is 51.7 Å². The lowest BCUT2D eigenvalue weighted by Crippen LogP contribution is -2.49. The van der Waals surface area contributed by atoms with E-state index in [2.05, 4.69) is 20.8 Å². The molecule has 0 saturated carbocycles. The molecule has 0 saturated heterocycles. The quantitative estimate of drug-likeness (QED) is 0.531. The second kappa shape index (κ2) is 8.57. The molecule has 0 spiro atoms. The first-order chi connectivity index (χ1) is 15.0. The first-order valence-corrected chi connectivity index (χ1v) is 9.90. The molecule has 0 fully saturated rings. The number of rotatable bonds is 7. The Morgan fingerprint density at radius 3 is 2.58 bits per heavy atom. The largest absolute Gasteiger partial charge is 0.424 e. The zero-order chi connectivity index (χ0) is 22.0. The SMILES string of the molecule is CNc1ccc(-c2cccc3c2CN(C(CO)C(=O)NCc2nnc(C)o2)C3=O)cc1. The highest BCUT2D eigenvalue weighted by molar-refractivity contribution is 6.03. The van der Waals surface area contributed by atoms with E-state index < -0.39 is 18.6 Å². The molecule has 4 rings (SSSR count). The lowest BCUT2D eigenvalue weighted by Gasteiger charge is -2.25. The van der Waals surface area contributed by atoms with Crippen LogP contribution < -0.4 is 10.6 Å². The van der Waals surface area contributed by atoms with Crippen LogP contribution in [0, 0.1) is 6.92 Å². The van der Waals surface area contributed by atoms with Gasteiger partial charge in [-0.05, 0) is 34.9 Å². The van der Waals surface area contributed by atoms with E-state index in [9.17, 15) is 14.7 Å². The Hall–Kier alpha value is -3.72. The first kappa shape index (κ1) is 20.5. The van der Waals surface area contributed by atoms with Gasteiger partial charge in [-0.25, -0.2) is 0 Å². The fourth-order valence-corrected chi connectivity index (χ4v) is 3.71. The van der Waals surface area contributed by atoms with E-state index in [1.54, 1.807) is 13.0 Å². The second-order valence-electron chi connectivity index (χ2n) is 7.22. The standard InChI is InChI=1S/C22H23N5O4/c1-13-25-26-20(31-13)10-24-21(29)19(12-28)27-11-18-16(4-3-5-17(18)22(27)30)14-6-8-15(23-2)9-7-14/h3-9,19,23,28H,10-12H2,1-2H3,(H,24,29). The van der Waals surface area contributed by atoms with Gasteiger partial charge in [0.1, 0.15) is 6.04 Å². The smallest absolute Gasteiger partial charge is 0.255 e. The summed E-state index contributed by atoms with van der Waals surface area (Å²) in [6.45, 7) is 1.41. The van der Waals surface area contributed by atoms with E-state index in [0.29, 0.717) is 11.5 Å². The van der Waals surface area contributed by atoms with E-state index in [0.717, 1.165) is 22.4 Å². The number of fused-ring (bicyclic) bond motifs is 1. The molecule has 31 heavy (non-hydrogen) atoms. The zero-order valence-corrected chi connectivity index (χ0v) is 17.3. The molecule has 9 heteroatoms. The van der Waals surface area contributed by atoms with Gasteiger partial charge in [0.2, 0.25) is 17.7 Å². The van der Waals surface area contributed by atoms with Crippen molar-refractivity contribution in [2.45, 2.75) is 26.1 Å². The van der Waals surface area contributed by atoms with Crippen molar-refractivity contribution in [3.8, 4) is 11.1 Å². The number of hydrogen-bond acceptors (Lipinski definition) is 7. The number of aliphatic hydroxyl groups excluding tert-OH is 1. The van der Waals surface area contributed by atoms with Gasteiger partial charge in [0, 0.05) is 31.8 Å². The summed E-state index contributed by atoms with van der Waals surface area (Å²) in [5, 5.41) is 23.2. The number of aromatic nitrogens is 2. The predicted molar refractivity (Wildman–Crippen MR) is 113 cm³/mol. The van der Waals surface area contributed by atoms with E-state index in [4.69, 9.17) is 4.42 Å².